The molecule has 1 heterocycles. The van der Waals surface area contributed by atoms with Gasteiger partial charge in [0, 0.05) is 16.2 Å². The van der Waals surface area contributed by atoms with Crippen molar-refractivity contribution in [1.29, 1.82) is 0 Å². The summed E-state index contributed by atoms with van der Waals surface area (Å²) in [6.45, 7) is 0. The molecule has 20 heavy (non-hydrogen) atoms. The summed E-state index contributed by atoms with van der Waals surface area (Å²) in [5.41, 5.74) is 2.96. The van der Waals surface area contributed by atoms with Crippen LogP contribution >= 0.6 is 24.4 Å². The van der Waals surface area contributed by atoms with Crippen LogP contribution in [0.1, 0.15) is 0 Å². The molecular formula is C16H13NOS2. The van der Waals surface area contributed by atoms with Crippen molar-refractivity contribution >= 4 is 24.4 Å². The highest BCUT2D eigenvalue weighted by atomic mass is 32.2. The summed E-state index contributed by atoms with van der Waals surface area (Å²) in [6.07, 6.45) is 0. The molecule has 2 aromatic carbocycles. The van der Waals surface area contributed by atoms with Crippen molar-refractivity contribution in [2.24, 2.45) is 0 Å². The monoisotopic (exact) mass is 299 g/mol. The summed E-state index contributed by atoms with van der Waals surface area (Å²) in [5, 5.41) is 1.29. The molecule has 3 aromatic rings. The van der Waals surface area contributed by atoms with E-state index in [9.17, 15) is 0 Å². The largest absolute Gasteiger partial charge is 0.431 e. The molecular weight excluding hydrogens is 286 g/mol. The van der Waals surface area contributed by atoms with E-state index in [0.29, 0.717) is 10.3 Å². The minimum atomic E-state index is 0.642. The fourth-order valence-electron chi connectivity index (χ4n) is 1.99. The number of hydrogen-bond donors (Lipinski definition) is 1. The van der Waals surface area contributed by atoms with Crippen molar-refractivity contribution in [2.45, 2.75) is 5.22 Å². The van der Waals surface area contributed by atoms with Crippen LogP contribution in [0.25, 0.3) is 22.6 Å². The van der Waals surface area contributed by atoms with Gasteiger partial charge in [-0.1, -0.05) is 72.4 Å². The number of rotatable bonds is 4. The molecule has 0 atom stereocenters. The predicted molar refractivity (Wildman–Crippen MR) is 87.1 cm³/mol. The van der Waals surface area contributed by atoms with Crippen LogP contribution in [0.3, 0.4) is 0 Å². The van der Waals surface area contributed by atoms with Crippen LogP contribution in [0, 0.1) is 0 Å². The summed E-state index contributed by atoms with van der Waals surface area (Å²) >= 11 is 5.70. The number of nitrogens with zero attached hydrogens (tertiary/aromatic N) is 1. The summed E-state index contributed by atoms with van der Waals surface area (Å²) in [4.78, 5) is 4.59. The molecule has 0 aliphatic carbocycles. The fraction of sp³-hybridized carbons (Fsp3) is 0.0625. The number of thioether (sulfide) groups is 1. The summed E-state index contributed by atoms with van der Waals surface area (Å²) in [7, 11) is 0. The van der Waals surface area contributed by atoms with Gasteiger partial charge in [0.2, 0.25) is 0 Å². The molecule has 1 aromatic heterocycles. The molecule has 0 saturated heterocycles. The number of benzene rings is 2. The molecule has 0 bridgehead atoms. The van der Waals surface area contributed by atoms with Gasteiger partial charge in [-0.3, -0.25) is 0 Å². The van der Waals surface area contributed by atoms with Gasteiger partial charge in [-0.15, -0.1) is 0 Å². The van der Waals surface area contributed by atoms with Gasteiger partial charge in [0.25, 0.3) is 5.22 Å². The Kier molecular flexibility index (Phi) is 4.14. The van der Waals surface area contributed by atoms with E-state index in [1.165, 1.54) is 11.8 Å². The highest BCUT2D eigenvalue weighted by Crippen LogP contribution is 2.35. The Bertz CT molecular complexity index is 623. The summed E-state index contributed by atoms with van der Waals surface area (Å²) in [5.74, 6) is 0.807. The third kappa shape index (κ3) is 2.76. The molecule has 0 unspecified atom stereocenters. The maximum absolute atomic E-state index is 5.90. The second-order valence-electron chi connectivity index (χ2n) is 4.16. The average Bonchev–Trinajstić information content (AvgIpc) is 2.93. The van der Waals surface area contributed by atoms with Gasteiger partial charge < -0.3 is 4.42 Å². The van der Waals surface area contributed by atoms with Crippen molar-refractivity contribution in [3.63, 3.8) is 0 Å². The Hall–Kier alpha value is -1.65. The molecule has 0 aliphatic rings. The second kappa shape index (κ2) is 6.20. The van der Waals surface area contributed by atoms with E-state index in [0.717, 1.165) is 22.6 Å². The van der Waals surface area contributed by atoms with Crippen LogP contribution in [0.2, 0.25) is 0 Å². The third-order valence-corrected chi connectivity index (χ3v) is 3.82. The Balaban J connectivity index is 2.13. The molecule has 3 rings (SSSR count). The van der Waals surface area contributed by atoms with Crippen molar-refractivity contribution < 1.29 is 4.42 Å². The lowest BCUT2D eigenvalue weighted by atomic mass is 10.1. The van der Waals surface area contributed by atoms with E-state index in [-0.39, 0.29) is 0 Å². The number of oxazole rings is 1. The standard InChI is InChI=1S/C16H13NOS2/c19-11-20-16-17-14(12-7-3-1-4-8-12)15(18-16)13-9-5-2-6-10-13/h1-10,19H,11H2. The van der Waals surface area contributed by atoms with Gasteiger partial charge >= 0.3 is 0 Å². The van der Waals surface area contributed by atoms with Crippen LogP contribution in [0.4, 0.5) is 0 Å². The maximum Gasteiger partial charge on any atom is 0.257 e. The van der Waals surface area contributed by atoms with E-state index in [4.69, 9.17) is 4.42 Å². The van der Waals surface area contributed by atoms with Gasteiger partial charge in [-0.05, 0) is 0 Å². The van der Waals surface area contributed by atoms with Crippen LogP contribution < -0.4 is 0 Å². The molecule has 0 spiro atoms. The van der Waals surface area contributed by atoms with Crippen molar-refractivity contribution in [2.75, 3.05) is 5.08 Å². The van der Waals surface area contributed by atoms with Gasteiger partial charge in [-0.25, -0.2) is 4.98 Å². The average molecular weight is 299 g/mol. The van der Waals surface area contributed by atoms with Crippen LogP contribution in [0.15, 0.2) is 70.3 Å². The quantitative estimate of drug-likeness (QED) is 0.417. The molecule has 0 aliphatic heterocycles. The van der Waals surface area contributed by atoms with E-state index < -0.39 is 0 Å². The Morgan fingerprint density at radius 2 is 1.50 bits per heavy atom. The Labute approximate surface area is 127 Å². The molecule has 2 nitrogen and oxygen atoms in total. The maximum atomic E-state index is 5.90. The first-order valence-corrected chi connectivity index (χ1v) is 7.85. The number of hydrogen-bond acceptors (Lipinski definition) is 4. The SMILES string of the molecule is SCSc1nc(-c2ccccc2)c(-c2ccccc2)o1. The van der Waals surface area contributed by atoms with Gasteiger partial charge in [0.1, 0.15) is 5.69 Å². The molecule has 4 heteroatoms. The summed E-state index contributed by atoms with van der Waals surface area (Å²) < 4.78 is 5.90. The first-order valence-electron chi connectivity index (χ1n) is 6.24. The van der Waals surface area contributed by atoms with Crippen LogP contribution in [0.5, 0.6) is 0 Å². The molecule has 100 valence electrons. The van der Waals surface area contributed by atoms with E-state index in [1.54, 1.807) is 0 Å². The lowest BCUT2D eigenvalue weighted by Crippen LogP contribution is -1.81. The topological polar surface area (TPSA) is 26.0 Å². The van der Waals surface area contributed by atoms with E-state index >= 15 is 0 Å². The molecule has 0 amide bonds. The highest BCUT2D eigenvalue weighted by Gasteiger charge is 2.16. The van der Waals surface area contributed by atoms with Gasteiger partial charge in [-0.2, -0.15) is 12.6 Å². The first-order chi connectivity index (χ1) is 9.88. The minimum absolute atomic E-state index is 0.642. The van der Waals surface area contributed by atoms with Gasteiger partial charge in [0.05, 0.1) is 0 Å². The third-order valence-electron chi connectivity index (χ3n) is 2.88. The van der Waals surface area contributed by atoms with Crippen molar-refractivity contribution in [3.8, 4) is 22.6 Å². The number of aromatic nitrogens is 1. The van der Waals surface area contributed by atoms with Gasteiger partial charge in [0.15, 0.2) is 5.76 Å². The predicted octanol–water partition coefficient (Wildman–Crippen LogP) is 4.99. The molecule has 0 radical (unpaired) electrons. The second-order valence-corrected chi connectivity index (χ2v) is 5.83. The normalized spacial score (nSPS) is 10.7. The van der Waals surface area contributed by atoms with Crippen LogP contribution in [-0.2, 0) is 0 Å². The lowest BCUT2D eigenvalue weighted by Gasteiger charge is -2.00. The molecule has 0 saturated carbocycles. The minimum Gasteiger partial charge on any atom is -0.431 e. The smallest absolute Gasteiger partial charge is 0.257 e. The van der Waals surface area contributed by atoms with E-state index in [1.807, 2.05) is 60.7 Å². The Morgan fingerprint density at radius 1 is 0.900 bits per heavy atom. The fourth-order valence-corrected chi connectivity index (χ4v) is 2.73. The molecule has 0 fully saturated rings. The molecule has 0 N–H and O–H groups in total. The lowest BCUT2D eigenvalue weighted by molar-refractivity contribution is 0.466. The number of thiol groups is 1. The first kappa shape index (κ1) is 13.3. The zero-order valence-electron chi connectivity index (χ0n) is 10.7. The zero-order valence-corrected chi connectivity index (χ0v) is 12.4. The summed E-state index contributed by atoms with van der Waals surface area (Å²) in [6, 6.07) is 20.1. The zero-order chi connectivity index (χ0) is 13.8. The van der Waals surface area contributed by atoms with Crippen molar-refractivity contribution in [3.05, 3.63) is 60.7 Å². The van der Waals surface area contributed by atoms with Crippen molar-refractivity contribution in [1.82, 2.24) is 4.98 Å². The highest BCUT2D eigenvalue weighted by molar-refractivity contribution is 8.09. The van der Waals surface area contributed by atoms with E-state index in [2.05, 4.69) is 17.6 Å². The van der Waals surface area contributed by atoms with Crippen LogP contribution in [-0.4, -0.2) is 10.1 Å². The Morgan fingerprint density at radius 3 is 2.10 bits per heavy atom.